The minimum Gasteiger partial charge on any atom is -0.387 e. The summed E-state index contributed by atoms with van der Waals surface area (Å²) in [4.78, 5) is 40.7. The molecule has 0 radical (unpaired) electrons. The number of aliphatic hydroxyl groups is 2. The van der Waals surface area contributed by atoms with E-state index in [1.807, 2.05) is 0 Å². The predicted molar refractivity (Wildman–Crippen MR) is 112 cm³/mol. The van der Waals surface area contributed by atoms with E-state index in [0.29, 0.717) is 21.9 Å². The molecule has 4 N–H and O–H groups in total. The lowest BCUT2D eigenvalue weighted by Crippen LogP contribution is -2.33. The van der Waals surface area contributed by atoms with E-state index in [9.17, 15) is 24.9 Å². The molecule has 3 heterocycles. The van der Waals surface area contributed by atoms with E-state index < -0.39 is 43.9 Å². The molecular weight excluding hydrogens is 481 g/mol. The summed E-state index contributed by atoms with van der Waals surface area (Å²) in [5.74, 6) is 0.458. The van der Waals surface area contributed by atoms with Gasteiger partial charge in [0, 0.05) is 17.9 Å². The van der Waals surface area contributed by atoms with Crippen LogP contribution in [0.1, 0.15) is 11.8 Å². The van der Waals surface area contributed by atoms with Crippen LogP contribution in [0.3, 0.4) is 0 Å². The number of benzene rings is 1. The Balaban J connectivity index is 1.51. The van der Waals surface area contributed by atoms with Crippen molar-refractivity contribution in [2.45, 2.75) is 35.3 Å². The summed E-state index contributed by atoms with van der Waals surface area (Å²) in [5.41, 5.74) is 1.55. The van der Waals surface area contributed by atoms with Gasteiger partial charge in [-0.05, 0) is 5.56 Å². The van der Waals surface area contributed by atoms with Crippen LogP contribution < -0.4 is 0 Å². The zero-order valence-corrected chi connectivity index (χ0v) is 18.3. The number of phosphoric acid groups is 1. The third-order valence-corrected chi connectivity index (χ3v) is 6.40. The number of nitro benzene ring substituents is 1. The van der Waals surface area contributed by atoms with Crippen molar-refractivity contribution in [1.82, 2.24) is 19.5 Å². The zero-order valence-electron chi connectivity index (χ0n) is 16.6. The van der Waals surface area contributed by atoms with Gasteiger partial charge in [0.1, 0.15) is 35.2 Å². The van der Waals surface area contributed by atoms with Crippen LogP contribution in [0.4, 0.5) is 5.69 Å². The van der Waals surface area contributed by atoms with Crippen molar-refractivity contribution in [3.63, 3.8) is 0 Å². The highest BCUT2D eigenvalue weighted by Crippen LogP contribution is 2.39. The van der Waals surface area contributed by atoms with E-state index in [0.717, 1.165) is 5.56 Å². The number of hydrogen-bond donors (Lipinski definition) is 4. The molecule has 0 spiro atoms. The van der Waals surface area contributed by atoms with Crippen LogP contribution in [0.5, 0.6) is 0 Å². The highest BCUT2D eigenvalue weighted by Gasteiger charge is 2.45. The highest BCUT2D eigenvalue weighted by atomic mass is 32.2. The first kappa shape index (κ1) is 23.7. The second-order valence-corrected chi connectivity index (χ2v) is 9.25. The fourth-order valence-electron chi connectivity index (χ4n) is 3.26. The minimum atomic E-state index is -4.78. The molecule has 1 aromatic carbocycles. The van der Waals surface area contributed by atoms with Gasteiger partial charge in [0.25, 0.3) is 5.69 Å². The highest BCUT2D eigenvalue weighted by molar-refractivity contribution is 7.98. The van der Waals surface area contributed by atoms with Crippen LogP contribution >= 0.6 is 19.6 Å². The summed E-state index contributed by atoms with van der Waals surface area (Å²) < 4.78 is 22.2. The third kappa shape index (κ3) is 5.20. The lowest BCUT2D eigenvalue weighted by molar-refractivity contribution is -0.384. The summed E-state index contributed by atoms with van der Waals surface area (Å²) in [6, 6.07) is 6.12. The Bertz CT molecular complexity index is 1200. The van der Waals surface area contributed by atoms with Gasteiger partial charge in [-0.2, -0.15) is 0 Å². The maximum atomic E-state index is 10.9. The van der Waals surface area contributed by atoms with Gasteiger partial charge < -0.3 is 24.7 Å². The summed E-state index contributed by atoms with van der Waals surface area (Å²) in [6.07, 6.45) is -2.56. The summed E-state index contributed by atoms with van der Waals surface area (Å²) in [7, 11) is -4.78. The minimum absolute atomic E-state index is 0.00581. The number of nitro groups is 1. The smallest absolute Gasteiger partial charge is 0.387 e. The molecule has 1 aliphatic rings. The number of aliphatic hydroxyl groups excluding tert-OH is 2. The summed E-state index contributed by atoms with van der Waals surface area (Å²) >= 11 is 1.33. The average Bonchev–Trinajstić information content (AvgIpc) is 3.32. The zero-order chi connectivity index (χ0) is 23.8. The van der Waals surface area contributed by atoms with Crippen LogP contribution in [0.25, 0.3) is 11.2 Å². The van der Waals surface area contributed by atoms with Crippen LogP contribution in [-0.2, 0) is 19.6 Å². The third-order valence-electron chi connectivity index (χ3n) is 4.87. The number of ether oxygens (including phenoxy) is 1. The van der Waals surface area contributed by atoms with Gasteiger partial charge in [0.05, 0.1) is 17.9 Å². The molecule has 4 atom stereocenters. The molecule has 176 valence electrons. The lowest BCUT2D eigenvalue weighted by Gasteiger charge is -2.16. The molecular formula is C17H18N5O9PS. The Kier molecular flexibility index (Phi) is 6.74. The molecule has 1 aliphatic heterocycles. The van der Waals surface area contributed by atoms with E-state index in [1.165, 1.54) is 41.1 Å². The second kappa shape index (κ2) is 9.40. The summed E-state index contributed by atoms with van der Waals surface area (Å²) in [6.45, 7) is -0.628. The van der Waals surface area contributed by atoms with E-state index in [-0.39, 0.29) is 5.69 Å². The maximum absolute atomic E-state index is 10.9. The van der Waals surface area contributed by atoms with Gasteiger partial charge >= 0.3 is 7.82 Å². The summed E-state index contributed by atoms with van der Waals surface area (Å²) in [5, 5.41) is 31.9. The van der Waals surface area contributed by atoms with Crippen molar-refractivity contribution in [3.8, 4) is 0 Å². The van der Waals surface area contributed by atoms with Crippen molar-refractivity contribution >= 4 is 36.4 Å². The molecule has 14 nitrogen and oxygen atoms in total. The molecule has 1 saturated heterocycles. The maximum Gasteiger partial charge on any atom is 0.469 e. The molecule has 3 aromatic rings. The van der Waals surface area contributed by atoms with Gasteiger partial charge in [-0.3, -0.25) is 19.2 Å². The molecule has 4 rings (SSSR count). The number of phosphoric ester groups is 1. The van der Waals surface area contributed by atoms with E-state index in [2.05, 4.69) is 19.5 Å². The van der Waals surface area contributed by atoms with Gasteiger partial charge in [0.2, 0.25) is 0 Å². The molecule has 1 fully saturated rings. The standard InChI is InChI=1S/C17H18N5O9PS/c23-13-11(5-30-32(27,28)29)31-17(14(13)24)21-8-20-12-15(21)18-7-19-16(12)33-6-9-1-3-10(4-2-9)22(25)26/h1-4,7-8,11,13-14,17,23-24H,5-6H2,(H2,27,28,29). The fourth-order valence-corrected chi connectivity index (χ4v) is 4.49. The fraction of sp³-hybridized carbons (Fsp3) is 0.353. The Morgan fingerprint density at radius 2 is 1.91 bits per heavy atom. The SMILES string of the molecule is O=[N+]([O-])c1ccc(CSc2ncnc3c2ncn3C2OC(COP(=O)(O)O)C(O)C2O)cc1. The van der Waals surface area contributed by atoms with Crippen LogP contribution in [0, 0.1) is 10.1 Å². The number of fused-ring (bicyclic) bond motifs is 1. The first-order valence-electron chi connectivity index (χ1n) is 9.39. The van der Waals surface area contributed by atoms with E-state index in [4.69, 9.17) is 14.5 Å². The Morgan fingerprint density at radius 1 is 1.18 bits per heavy atom. The van der Waals surface area contributed by atoms with E-state index in [1.54, 1.807) is 12.1 Å². The quantitative estimate of drug-likeness (QED) is 0.111. The number of rotatable bonds is 8. The molecule has 33 heavy (non-hydrogen) atoms. The van der Waals surface area contributed by atoms with Gasteiger partial charge in [-0.1, -0.05) is 23.9 Å². The van der Waals surface area contributed by atoms with Gasteiger partial charge in [-0.15, -0.1) is 0 Å². The monoisotopic (exact) mass is 499 g/mol. The topological polar surface area (TPSA) is 203 Å². The number of thioether (sulfide) groups is 1. The number of hydrogen-bond acceptors (Lipinski definition) is 11. The lowest BCUT2D eigenvalue weighted by atomic mass is 10.1. The van der Waals surface area contributed by atoms with Crippen molar-refractivity contribution < 1.29 is 38.7 Å². The molecule has 0 aliphatic carbocycles. The van der Waals surface area contributed by atoms with Crippen molar-refractivity contribution in [1.29, 1.82) is 0 Å². The van der Waals surface area contributed by atoms with Gasteiger partial charge in [-0.25, -0.2) is 19.5 Å². The molecule has 2 aromatic heterocycles. The Morgan fingerprint density at radius 3 is 2.58 bits per heavy atom. The van der Waals surface area contributed by atoms with E-state index >= 15 is 0 Å². The molecule has 0 bridgehead atoms. The van der Waals surface area contributed by atoms with Crippen LogP contribution in [-0.4, -0.2) is 69.4 Å². The number of aromatic nitrogens is 4. The molecule has 0 amide bonds. The second-order valence-electron chi connectivity index (χ2n) is 7.05. The first-order valence-corrected chi connectivity index (χ1v) is 11.9. The normalized spacial score (nSPS) is 23.3. The predicted octanol–water partition coefficient (Wildman–Crippen LogP) is 0.755. The van der Waals surface area contributed by atoms with Gasteiger partial charge in [0.15, 0.2) is 11.9 Å². The Hall–Kier alpha value is -2.49. The van der Waals surface area contributed by atoms with Crippen LogP contribution in [0.15, 0.2) is 41.9 Å². The van der Waals surface area contributed by atoms with Crippen LogP contribution in [0.2, 0.25) is 0 Å². The molecule has 4 unspecified atom stereocenters. The number of nitrogens with zero attached hydrogens (tertiary/aromatic N) is 5. The van der Waals surface area contributed by atoms with Crippen molar-refractivity contribution in [3.05, 3.63) is 52.6 Å². The largest absolute Gasteiger partial charge is 0.469 e. The Labute approximate surface area is 189 Å². The molecule has 0 saturated carbocycles. The number of non-ortho nitro benzene ring substituents is 1. The first-order chi connectivity index (χ1) is 15.6. The van der Waals surface area contributed by atoms with Crippen molar-refractivity contribution in [2.75, 3.05) is 6.61 Å². The average molecular weight is 499 g/mol. The number of imidazole rings is 1. The molecule has 16 heteroatoms. The van der Waals surface area contributed by atoms with Crippen molar-refractivity contribution in [2.24, 2.45) is 0 Å².